The van der Waals surface area contributed by atoms with E-state index >= 15 is 0 Å². The normalized spacial score (nSPS) is 13.9. The van der Waals surface area contributed by atoms with Crippen LogP contribution in [0, 0.1) is 11.6 Å². The van der Waals surface area contributed by atoms with Crippen molar-refractivity contribution in [2.75, 3.05) is 0 Å². The van der Waals surface area contributed by atoms with Crippen molar-refractivity contribution in [2.24, 2.45) is 0 Å². The molecule has 0 aliphatic heterocycles. The minimum absolute atomic E-state index is 0.000254. The van der Waals surface area contributed by atoms with Crippen LogP contribution in [0.4, 0.5) is 22.0 Å². The van der Waals surface area contributed by atoms with Gasteiger partial charge in [-0.2, -0.15) is 13.2 Å². The molecule has 0 saturated heterocycles. The Morgan fingerprint density at radius 1 is 1.03 bits per heavy atom. The standard InChI is InChI=1S/C24H17F5N2O3/c25-18-6-2-7-19(26)17(18)12-34-22-16(10-13(11-30-22)24(27,28)29)14-4-1-5-15(14)20-8-3-9-21(31-20)23(32)33/h2-3,6-11H,1,4-5,12H2,(H,32,33)/p-1. The Hall–Kier alpha value is -3.82. The van der Waals surface area contributed by atoms with E-state index in [1.54, 1.807) is 6.07 Å². The number of nitrogens with zero attached hydrogens (tertiary/aromatic N) is 2. The van der Waals surface area contributed by atoms with Crippen molar-refractivity contribution in [3.63, 3.8) is 0 Å². The van der Waals surface area contributed by atoms with Crippen LogP contribution in [0.5, 0.6) is 5.88 Å². The number of pyridine rings is 2. The van der Waals surface area contributed by atoms with Gasteiger partial charge in [0.15, 0.2) is 0 Å². The molecule has 3 aromatic rings. The zero-order valence-electron chi connectivity index (χ0n) is 17.5. The van der Waals surface area contributed by atoms with E-state index in [9.17, 15) is 31.9 Å². The molecule has 5 nitrogen and oxygen atoms in total. The van der Waals surface area contributed by atoms with Gasteiger partial charge >= 0.3 is 6.18 Å². The zero-order valence-corrected chi connectivity index (χ0v) is 17.5. The molecule has 0 unspecified atom stereocenters. The first-order valence-corrected chi connectivity index (χ1v) is 10.2. The number of halogens is 5. The maximum Gasteiger partial charge on any atom is 0.417 e. The maximum atomic E-state index is 14.0. The van der Waals surface area contributed by atoms with Crippen LogP contribution in [0.3, 0.4) is 0 Å². The molecule has 4 rings (SSSR count). The summed E-state index contributed by atoms with van der Waals surface area (Å²) >= 11 is 0. The van der Waals surface area contributed by atoms with E-state index in [1.165, 1.54) is 18.2 Å². The Labute approximate surface area is 190 Å². The summed E-state index contributed by atoms with van der Waals surface area (Å²) in [4.78, 5) is 19.0. The summed E-state index contributed by atoms with van der Waals surface area (Å²) in [5, 5.41) is 11.2. The molecular weight excluding hydrogens is 459 g/mol. The summed E-state index contributed by atoms with van der Waals surface area (Å²) in [6, 6.07) is 8.37. The minimum atomic E-state index is -4.69. The van der Waals surface area contributed by atoms with Crippen LogP contribution in [0.1, 0.15) is 52.1 Å². The number of rotatable bonds is 6. The van der Waals surface area contributed by atoms with Gasteiger partial charge in [-0.1, -0.05) is 12.1 Å². The predicted molar refractivity (Wildman–Crippen MR) is 109 cm³/mol. The summed E-state index contributed by atoms with van der Waals surface area (Å²) in [6.07, 6.45) is -2.76. The van der Waals surface area contributed by atoms with Gasteiger partial charge in [-0.3, -0.25) is 0 Å². The Kier molecular flexibility index (Phi) is 6.32. The van der Waals surface area contributed by atoms with Crippen LogP contribution in [0.15, 0.2) is 48.7 Å². The third kappa shape index (κ3) is 4.75. The molecular formula is C24H16F5N2O3-. The number of aromatic carboxylic acids is 1. The molecule has 2 heterocycles. The highest BCUT2D eigenvalue weighted by Crippen LogP contribution is 2.43. The van der Waals surface area contributed by atoms with Gasteiger partial charge in [0.05, 0.1) is 28.5 Å². The Morgan fingerprint density at radius 3 is 2.38 bits per heavy atom. The lowest BCUT2D eigenvalue weighted by atomic mass is 9.99. The number of hydrogen-bond donors (Lipinski definition) is 0. The number of hydrogen-bond acceptors (Lipinski definition) is 5. The molecule has 0 radical (unpaired) electrons. The molecule has 0 spiro atoms. The van der Waals surface area contributed by atoms with E-state index < -0.39 is 36.0 Å². The number of carbonyl (C=O) groups excluding carboxylic acids is 1. The number of benzene rings is 1. The second-order valence-corrected chi connectivity index (χ2v) is 7.57. The van der Waals surface area contributed by atoms with Gasteiger partial charge in [-0.05, 0) is 60.7 Å². The molecule has 34 heavy (non-hydrogen) atoms. The Morgan fingerprint density at radius 2 is 1.71 bits per heavy atom. The monoisotopic (exact) mass is 475 g/mol. The zero-order chi connectivity index (χ0) is 24.5. The fraction of sp³-hybridized carbons (Fsp3) is 0.208. The van der Waals surface area contributed by atoms with Gasteiger partial charge < -0.3 is 14.6 Å². The molecule has 0 amide bonds. The summed E-state index contributed by atoms with van der Waals surface area (Å²) < 4.78 is 73.8. The van der Waals surface area contributed by atoms with Crippen LogP contribution >= 0.6 is 0 Å². The molecule has 1 aliphatic rings. The average molecular weight is 475 g/mol. The van der Waals surface area contributed by atoms with Crippen LogP contribution in [-0.2, 0) is 12.8 Å². The molecule has 1 aromatic carbocycles. The van der Waals surface area contributed by atoms with Crippen molar-refractivity contribution in [3.05, 3.63) is 88.4 Å². The molecule has 0 N–H and O–H groups in total. The van der Waals surface area contributed by atoms with E-state index in [0.717, 1.165) is 18.2 Å². The number of allylic oxidation sites excluding steroid dienone is 2. The number of aromatic nitrogens is 2. The largest absolute Gasteiger partial charge is 0.543 e. The fourth-order valence-corrected chi connectivity index (χ4v) is 3.79. The third-order valence-corrected chi connectivity index (χ3v) is 5.40. The van der Waals surface area contributed by atoms with Crippen LogP contribution in [-0.4, -0.2) is 15.9 Å². The first-order valence-electron chi connectivity index (χ1n) is 10.2. The van der Waals surface area contributed by atoms with E-state index in [2.05, 4.69) is 9.97 Å². The van der Waals surface area contributed by atoms with Gasteiger partial charge in [0.1, 0.15) is 18.2 Å². The number of carboxylic acid groups (broad SMARTS) is 1. The summed E-state index contributed by atoms with van der Waals surface area (Å²) in [7, 11) is 0. The first-order chi connectivity index (χ1) is 16.1. The van der Waals surface area contributed by atoms with E-state index in [-0.39, 0.29) is 28.4 Å². The van der Waals surface area contributed by atoms with Crippen LogP contribution in [0.25, 0.3) is 11.1 Å². The van der Waals surface area contributed by atoms with Crippen LogP contribution in [0.2, 0.25) is 0 Å². The highest BCUT2D eigenvalue weighted by molar-refractivity contribution is 5.94. The quantitative estimate of drug-likeness (QED) is 0.479. The number of ether oxygens (including phenoxy) is 1. The molecule has 0 bridgehead atoms. The predicted octanol–water partition coefficient (Wildman–Crippen LogP) is 4.81. The van der Waals surface area contributed by atoms with Crippen molar-refractivity contribution in [3.8, 4) is 5.88 Å². The molecule has 0 atom stereocenters. The number of carboxylic acids is 1. The molecule has 176 valence electrons. The lowest BCUT2D eigenvalue weighted by Gasteiger charge is -2.16. The third-order valence-electron chi connectivity index (χ3n) is 5.40. The molecule has 2 aromatic heterocycles. The molecule has 1 aliphatic carbocycles. The van der Waals surface area contributed by atoms with Crippen molar-refractivity contribution < 1.29 is 36.6 Å². The summed E-state index contributed by atoms with van der Waals surface area (Å²) in [5.74, 6) is -3.45. The van der Waals surface area contributed by atoms with Gasteiger partial charge in [-0.25, -0.2) is 18.7 Å². The van der Waals surface area contributed by atoms with Crippen LogP contribution < -0.4 is 9.84 Å². The van der Waals surface area contributed by atoms with Crippen molar-refractivity contribution in [1.29, 1.82) is 0 Å². The van der Waals surface area contributed by atoms with Crippen molar-refractivity contribution in [1.82, 2.24) is 9.97 Å². The van der Waals surface area contributed by atoms with E-state index in [1.807, 2.05) is 0 Å². The van der Waals surface area contributed by atoms with Gasteiger partial charge in [0.2, 0.25) is 5.88 Å². The lowest BCUT2D eigenvalue weighted by molar-refractivity contribution is -0.255. The van der Waals surface area contributed by atoms with Gasteiger partial charge in [0.25, 0.3) is 0 Å². The van der Waals surface area contributed by atoms with Gasteiger partial charge in [0, 0.05) is 11.8 Å². The maximum absolute atomic E-state index is 14.0. The Balaban J connectivity index is 1.80. The molecule has 10 heteroatoms. The number of alkyl halides is 3. The second kappa shape index (κ2) is 9.20. The number of carbonyl (C=O) groups is 1. The van der Waals surface area contributed by atoms with E-state index in [0.29, 0.717) is 36.6 Å². The molecule has 0 saturated carbocycles. The summed E-state index contributed by atoms with van der Waals surface area (Å²) in [6.45, 7) is -0.592. The van der Waals surface area contributed by atoms with E-state index in [4.69, 9.17) is 4.74 Å². The first kappa shape index (κ1) is 23.3. The minimum Gasteiger partial charge on any atom is -0.543 e. The van der Waals surface area contributed by atoms with Gasteiger partial charge in [-0.15, -0.1) is 0 Å². The topological polar surface area (TPSA) is 75.1 Å². The fourth-order valence-electron chi connectivity index (χ4n) is 3.79. The van der Waals surface area contributed by atoms with Crippen molar-refractivity contribution >= 4 is 17.1 Å². The highest BCUT2D eigenvalue weighted by atomic mass is 19.4. The highest BCUT2D eigenvalue weighted by Gasteiger charge is 2.33. The molecule has 0 fully saturated rings. The SMILES string of the molecule is O=C([O-])c1cccc(C2=C(c3cc(C(F)(F)F)cnc3OCc3c(F)cccc3F)CCC2)n1. The van der Waals surface area contributed by atoms with Crippen molar-refractivity contribution in [2.45, 2.75) is 32.0 Å². The lowest BCUT2D eigenvalue weighted by Crippen LogP contribution is -2.23. The smallest absolute Gasteiger partial charge is 0.417 e. The summed E-state index contributed by atoms with van der Waals surface area (Å²) in [5.41, 5.74) is -0.486. The second-order valence-electron chi connectivity index (χ2n) is 7.57. The Bertz CT molecular complexity index is 1270. The average Bonchev–Trinajstić information content (AvgIpc) is 3.28.